The normalized spacial score (nSPS) is 23.6. The van der Waals surface area contributed by atoms with Crippen LogP contribution in [-0.4, -0.2) is 24.4 Å². The van der Waals surface area contributed by atoms with Crippen LogP contribution in [-0.2, 0) is 0 Å². The zero-order valence-electron chi connectivity index (χ0n) is 12.3. The lowest BCUT2D eigenvalue weighted by atomic mass is 9.86. The third kappa shape index (κ3) is 3.16. The highest BCUT2D eigenvalue weighted by atomic mass is 32.1. The highest BCUT2D eigenvalue weighted by Crippen LogP contribution is 2.34. The molecule has 0 saturated heterocycles. The van der Waals surface area contributed by atoms with Crippen molar-refractivity contribution in [1.82, 2.24) is 4.98 Å². The van der Waals surface area contributed by atoms with E-state index >= 15 is 0 Å². The fourth-order valence-electron chi connectivity index (χ4n) is 2.89. The minimum absolute atomic E-state index is 0.309. The van der Waals surface area contributed by atoms with Crippen molar-refractivity contribution in [2.75, 3.05) is 11.9 Å². The van der Waals surface area contributed by atoms with Crippen LogP contribution >= 0.6 is 11.3 Å². The largest absolute Gasteiger partial charge is 0.348 e. The summed E-state index contributed by atoms with van der Waals surface area (Å²) < 4.78 is 0. The number of rotatable bonds is 4. The van der Waals surface area contributed by atoms with E-state index in [1.165, 1.54) is 37.0 Å². The van der Waals surface area contributed by atoms with Gasteiger partial charge >= 0.3 is 0 Å². The Kier molecular flexibility index (Phi) is 4.61. The summed E-state index contributed by atoms with van der Waals surface area (Å²) in [5.41, 5.74) is 0.950. The number of hydrogen-bond donors (Lipinski definition) is 0. The predicted molar refractivity (Wildman–Crippen MR) is 81.4 cm³/mol. The Bertz CT molecular complexity index is 441. The predicted octanol–water partition coefficient (Wildman–Crippen LogP) is 4.09. The first kappa shape index (κ1) is 14.5. The van der Waals surface area contributed by atoms with E-state index in [2.05, 4.69) is 32.7 Å². The van der Waals surface area contributed by atoms with Gasteiger partial charge in [-0.1, -0.05) is 44.9 Å². The average molecular weight is 280 g/mol. The molecule has 0 N–H and O–H groups in total. The van der Waals surface area contributed by atoms with Gasteiger partial charge in [-0.3, -0.25) is 4.79 Å². The van der Waals surface area contributed by atoms with Crippen molar-refractivity contribution < 1.29 is 4.79 Å². The molecule has 1 saturated carbocycles. The fourth-order valence-corrected chi connectivity index (χ4v) is 3.96. The maximum atomic E-state index is 11.1. The van der Waals surface area contributed by atoms with Gasteiger partial charge in [-0.05, 0) is 24.7 Å². The van der Waals surface area contributed by atoms with Gasteiger partial charge in [0.05, 0.1) is 10.6 Å². The van der Waals surface area contributed by atoms with E-state index < -0.39 is 0 Å². The van der Waals surface area contributed by atoms with Gasteiger partial charge in [0.25, 0.3) is 0 Å². The van der Waals surface area contributed by atoms with Crippen LogP contribution in [0.15, 0.2) is 0 Å². The van der Waals surface area contributed by atoms with Gasteiger partial charge in [-0.25, -0.2) is 4.98 Å². The highest BCUT2D eigenvalue weighted by Gasteiger charge is 2.25. The van der Waals surface area contributed by atoms with Gasteiger partial charge < -0.3 is 4.90 Å². The zero-order valence-corrected chi connectivity index (χ0v) is 13.2. The number of aromatic nitrogens is 1. The Balaban J connectivity index is 2.18. The van der Waals surface area contributed by atoms with E-state index in [9.17, 15) is 4.79 Å². The number of nitrogens with zero attached hydrogens (tertiary/aromatic N) is 2. The molecule has 0 aliphatic heterocycles. The molecule has 1 aromatic rings. The van der Waals surface area contributed by atoms with Crippen LogP contribution in [0, 0.1) is 5.92 Å². The Morgan fingerprint density at radius 2 is 2.16 bits per heavy atom. The number of thiazole rings is 1. The van der Waals surface area contributed by atoms with E-state index in [-0.39, 0.29) is 0 Å². The lowest BCUT2D eigenvalue weighted by Crippen LogP contribution is -2.35. The second kappa shape index (κ2) is 6.04. The van der Waals surface area contributed by atoms with Gasteiger partial charge in [0.15, 0.2) is 11.4 Å². The molecule has 0 radical (unpaired) electrons. The van der Waals surface area contributed by atoms with Crippen molar-refractivity contribution in [3.63, 3.8) is 0 Å². The summed E-state index contributed by atoms with van der Waals surface area (Å²) in [6.07, 6.45) is 6.09. The summed E-state index contributed by atoms with van der Waals surface area (Å²) in [6.45, 7) is 6.52. The lowest BCUT2D eigenvalue weighted by Gasteiger charge is -2.33. The lowest BCUT2D eigenvalue weighted by molar-refractivity contribution is 0.112. The highest BCUT2D eigenvalue weighted by molar-refractivity contribution is 7.17. The molecule has 2 atom stereocenters. The second-order valence-electron chi connectivity index (χ2n) is 6.05. The van der Waals surface area contributed by atoms with E-state index in [1.54, 1.807) is 0 Å². The van der Waals surface area contributed by atoms with Crippen LogP contribution in [0.1, 0.15) is 67.7 Å². The molecular weight excluding hydrogens is 256 g/mol. The molecule has 1 aliphatic carbocycles. The number of anilines is 1. The Morgan fingerprint density at radius 1 is 1.42 bits per heavy atom. The molecule has 4 heteroatoms. The number of hydrogen-bond acceptors (Lipinski definition) is 4. The molecule has 1 aromatic heterocycles. The zero-order chi connectivity index (χ0) is 14.0. The molecule has 19 heavy (non-hydrogen) atoms. The third-order valence-corrected chi connectivity index (χ3v) is 5.17. The Labute approximate surface area is 120 Å². The van der Waals surface area contributed by atoms with Crippen LogP contribution in [0.3, 0.4) is 0 Å². The van der Waals surface area contributed by atoms with Crippen LogP contribution in [0.2, 0.25) is 0 Å². The first-order chi connectivity index (χ1) is 9.02. The molecule has 0 spiro atoms. The van der Waals surface area contributed by atoms with Gasteiger partial charge in [0.2, 0.25) is 0 Å². The van der Waals surface area contributed by atoms with Crippen LogP contribution in [0.5, 0.6) is 0 Å². The van der Waals surface area contributed by atoms with Gasteiger partial charge in [-0.2, -0.15) is 0 Å². The Morgan fingerprint density at radius 3 is 2.68 bits per heavy atom. The molecule has 1 aliphatic rings. The number of carbonyl (C=O) groups excluding carboxylic acids is 1. The van der Waals surface area contributed by atoms with E-state index in [0.29, 0.717) is 12.0 Å². The van der Waals surface area contributed by atoms with Crippen molar-refractivity contribution in [1.29, 1.82) is 0 Å². The fraction of sp³-hybridized carbons (Fsp3) is 0.733. The average Bonchev–Trinajstić information content (AvgIpc) is 2.82. The van der Waals surface area contributed by atoms with Gasteiger partial charge in [0.1, 0.15) is 0 Å². The maximum Gasteiger partial charge on any atom is 0.186 e. The van der Waals surface area contributed by atoms with E-state index in [4.69, 9.17) is 4.98 Å². The molecule has 0 bridgehead atoms. The van der Waals surface area contributed by atoms with Crippen molar-refractivity contribution in [3.8, 4) is 0 Å². The maximum absolute atomic E-state index is 11.1. The smallest absolute Gasteiger partial charge is 0.186 e. The first-order valence-corrected chi connectivity index (χ1v) is 8.03. The van der Waals surface area contributed by atoms with Crippen molar-refractivity contribution in [2.24, 2.45) is 5.92 Å². The van der Waals surface area contributed by atoms with Crippen molar-refractivity contribution >= 4 is 22.8 Å². The Hall–Kier alpha value is -0.900. The number of carbonyl (C=O) groups is 1. The minimum Gasteiger partial charge on any atom is -0.348 e. The summed E-state index contributed by atoms with van der Waals surface area (Å²) in [5, 5.41) is 1.00. The molecule has 2 unspecified atom stereocenters. The van der Waals surface area contributed by atoms with E-state index in [0.717, 1.165) is 27.9 Å². The molecular formula is C15H24N2OS. The van der Waals surface area contributed by atoms with E-state index in [1.807, 2.05) is 0 Å². The molecule has 106 valence electrons. The molecule has 0 amide bonds. The van der Waals surface area contributed by atoms with Crippen molar-refractivity contribution in [2.45, 2.75) is 58.4 Å². The summed E-state index contributed by atoms with van der Waals surface area (Å²) in [6, 6.07) is 0.578. The topological polar surface area (TPSA) is 33.2 Å². The molecule has 0 aromatic carbocycles. The molecule has 2 rings (SSSR count). The van der Waals surface area contributed by atoms with Gasteiger partial charge in [0, 0.05) is 13.1 Å². The van der Waals surface area contributed by atoms with Crippen LogP contribution in [0.4, 0.5) is 5.13 Å². The summed E-state index contributed by atoms with van der Waals surface area (Å²) >= 11 is 1.54. The first-order valence-electron chi connectivity index (χ1n) is 7.21. The standard InChI is InChI=1S/C15H24N2OS/c1-10(2)14-13(9-18)19-15(16-14)17(4)12-7-5-6-11(3)8-12/h9-12H,5-8H2,1-4H3. The number of aldehydes is 1. The monoisotopic (exact) mass is 280 g/mol. The quantitative estimate of drug-likeness (QED) is 0.779. The molecule has 3 nitrogen and oxygen atoms in total. The minimum atomic E-state index is 0.309. The molecule has 1 heterocycles. The molecule has 1 fully saturated rings. The second-order valence-corrected chi connectivity index (χ2v) is 7.06. The summed E-state index contributed by atoms with van der Waals surface area (Å²) in [5.74, 6) is 1.11. The third-order valence-electron chi connectivity index (χ3n) is 4.08. The summed E-state index contributed by atoms with van der Waals surface area (Å²) in [4.78, 5) is 18.9. The van der Waals surface area contributed by atoms with Crippen LogP contribution in [0.25, 0.3) is 0 Å². The van der Waals surface area contributed by atoms with Gasteiger partial charge in [-0.15, -0.1) is 0 Å². The summed E-state index contributed by atoms with van der Waals surface area (Å²) in [7, 11) is 2.13. The SMILES string of the molecule is CC1CCCC(N(C)c2nc(C(C)C)c(C=O)s2)C1. The van der Waals surface area contributed by atoms with Crippen molar-refractivity contribution in [3.05, 3.63) is 10.6 Å². The van der Waals surface area contributed by atoms with Crippen LogP contribution < -0.4 is 4.90 Å².